The molecule has 1 aliphatic carbocycles. The minimum Gasteiger partial charge on any atom is -0.504 e. The Labute approximate surface area is 124 Å². The first kappa shape index (κ1) is 13.7. The van der Waals surface area contributed by atoms with Crippen LogP contribution in [0.25, 0.3) is 0 Å². The molecule has 0 aliphatic heterocycles. The minimum atomic E-state index is -0.0118. The summed E-state index contributed by atoms with van der Waals surface area (Å²) >= 11 is 0. The van der Waals surface area contributed by atoms with E-state index in [2.05, 4.69) is 12.1 Å². The number of aryl methyl sites for hydroxylation is 1. The Morgan fingerprint density at radius 2 is 1.95 bits per heavy atom. The molecule has 1 unspecified atom stereocenters. The van der Waals surface area contributed by atoms with E-state index in [-0.39, 0.29) is 17.5 Å². The van der Waals surface area contributed by atoms with Crippen LogP contribution >= 0.6 is 0 Å². The lowest BCUT2D eigenvalue weighted by Crippen LogP contribution is -1.97. The fraction of sp³-hybridized carbons (Fsp3) is 0.278. The molecule has 108 valence electrons. The fourth-order valence-corrected chi connectivity index (χ4v) is 3.06. The standard InChI is InChI=1S/C18H18O3/c1-21-16-10-9-14-13(11-15(19)17(14)18(16)20)8-7-12-5-3-2-4-6-12/h2-6,9-10,13,20H,7-8,11H2,1H3. The molecule has 0 bridgehead atoms. The van der Waals surface area contributed by atoms with Gasteiger partial charge < -0.3 is 9.84 Å². The molecule has 2 aromatic rings. The van der Waals surface area contributed by atoms with E-state index in [1.807, 2.05) is 24.3 Å². The molecule has 0 saturated carbocycles. The number of ketones is 1. The highest BCUT2D eigenvalue weighted by atomic mass is 16.5. The van der Waals surface area contributed by atoms with Crippen LogP contribution in [0.2, 0.25) is 0 Å². The summed E-state index contributed by atoms with van der Waals surface area (Å²) in [7, 11) is 1.49. The predicted molar refractivity (Wildman–Crippen MR) is 81.1 cm³/mol. The molecule has 3 rings (SSSR count). The van der Waals surface area contributed by atoms with E-state index in [0.29, 0.717) is 17.7 Å². The van der Waals surface area contributed by atoms with Gasteiger partial charge in [-0.05, 0) is 36.0 Å². The second-order valence-electron chi connectivity index (χ2n) is 5.43. The Morgan fingerprint density at radius 3 is 2.67 bits per heavy atom. The molecule has 0 fully saturated rings. The van der Waals surface area contributed by atoms with E-state index in [1.165, 1.54) is 12.7 Å². The first-order valence-corrected chi connectivity index (χ1v) is 7.17. The van der Waals surface area contributed by atoms with Crippen LogP contribution in [0, 0.1) is 0 Å². The van der Waals surface area contributed by atoms with Crippen molar-refractivity contribution in [3.05, 3.63) is 59.2 Å². The highest BCUT2D eigenvalue weighted by Crippen LogP contribution is 2.44. The van der Waals surface area contributed by atoms with Crippen molar-refractivity contribution in [2.24, 2.45) is 0 Å². The largest absolute Gasteiger partial charge is 0.504 e. The lowest BCUT2D eigenvalue weighted by molar-refractivity contribution is 0.0985. The maximum absolute atomic E-state index is 12.2. The third-order valence-corrected chi connectivity index (χ3v) is 4.17. The van der Waals surface area contributed by atoms with E-state index in [0.717, 1.165) is 18.4 Å². The highest BCUT2D eigenvalue weighted by Gasteiger charge is 2.32. The molecule has 1 aliphatic rings. The second kappa shape index (κ2) is 5.60. The molecule has 0 aromatic heterocycles. The zero-order valence-corrected chi connectivity index (χ0v) is 12.0. The van der Waals surface area contributed by atoms with E-state index >= 15 is 0 Å². The van der Waals surface area contributed by atoms with Gasteiger partial charge in [0.15, 0.2) is 17.3 Å². The van der Waals surface area contributed by atoms with Crippen molar-refractivity contribution in [1.29, 1.82) is 0 Å². The number of ether oxygens (including phenoxy) is 1. The third-order valence-electron chi connectivity index (χ3n) is 4.17. The van der Waals surface area contributed by atoms with Gasteiger partial charge in [0, 0.05) is 6.42 Å². The average Bonchev–Trinajstić information content (AvgIpc) is 2.84. The molecule has 3 nitrogen and oxygen atoms in total. The molecular formula is C18H18O3. The Hall–Kier alpha value is -2.29. The van der Waals surface area contributed by atoms with Crippen molar-refractivity contribution in [2.45, 2.75) is 25.2 Å². The molecule has 1 atom stereocenters. The van der Waals surface area contributed by atoms with Crippen molar-refractivity contribution in [3.8, 4) is 11.5 Å². The van der Waals surface area contributed by atoms with Crippen molar-refractivity contribution in [1.82, 2.24) is 0 Å². The average molecular weight is 282 g/mol. The molecule has 1 N–H and O–H groups in total. The summed E-state index contributed by atoms with van der Waals surface area (Å²) in [5, 5.41) is 10.1. The quantitative estimate of drug-likeness (QED) is 0.930. The Morgan fingerprint density at radius 1 is 1.19 bits per heavy atom. The van der Waals surface area contributed by atoms with Crippen molar-refractivity contribution < 1.29 is 14.6 Å². The molecular weight excluding hydrogens is 264 g/mol. The second-order valence-corrected chi connectivity index (χ2v) is 5.43. The summed E-state index contributed by atoms with van der Waals surface area (Å²) in [4.78, 5) is 12.2. The number of rotatable bonds is 4. The Kier molecular flexibility index (Phi) is 3.65. The molecule has 0 amide bonds. The Balaban J connectivity index is 1.82. The van der Waals surface area contributed by atoms with Gasteiger partial charge in [0.1, 0.15) is 0 Å². The number of hydrogen-bond donors (Lipinski definition) is 1. The van der Waals surface area contributed by atoms with Crippen LogP contribution in [0.15, 0.2) is 42.5 Å². The van der Waals surface area contributed by atoms with Crippen molar-refractivity contribution in [3.63, 3.8) is 0 Å². The molecule has 2 aromatic carbocycles. The van der Waals surface area contributed by atoms with E-state index in [4.69, 9.17) is 4.74 Å². The van der Waals surface area contributed by atoms with Crippen LogP contribution < -0.4 is 4.74 Å². The van der Waals surface area contributed by atoms with Crippen LogP contribution in [0.5, 0.6) is 11.5 Å². The normalized spacial score (nSPS) is 16.8. The van der Waals surface area contributed by atoms with Crippen molar-refractivity contribution in [2.75, 3.05) is 7.11 Å². The first-order chi connectivity index (χ1) is 10.2. The summed E-state index contributed by atoms with van der Waals surface area (Å²) < 4.78 is 5.08. The number of aromatic hydroxyl groups is 1. The van der Waals surface area contributed by atoms with Crippen LogP contribution in [-0.4, -0.2) is 18.0 Å². The number of Topliss-reactive ketones (excluding diaryl/α,β-unsaturated/α-hetero) is 1. The number of methoxy groups -OCH3 is 1. The number of hydrogen-bond acceptors (Lipinski definition) is 3. The summed E-state index contributed by atoms with van der Waals surface area (Å²) in [5.41, 5.74) is 2.68. The predicted octanol–water partition coefficient (Wildman–Crippen LogP) is 3.70. The van der Waals surface area contributed by atoms with Gasteiger partial charge in [-0.2, -0.15) is 0 Å². The summed E-state index contributed by atoms with van der Waals surface area (Å²) in [6, 6.07) is 13.9. The van der Waals surface area contributed by atoms with Crippen LogP contribution in [-0.2, 0) is 6.42 Å². The smallest absolute Gasteiger partial charge is 0.168 e. The van der Waals surface area contributed by atoms with Gasteiger partial charge in [0.2, 0.25) is 0 Å². The number of benzene rings is 2. The van der Waals surface area contributed by atoms with E-state index in [9.17, 15) is 9.90 Å². The van der Waals surface area contributed by atoms with E-state index < -0.39 is 0 Å². The number of carbonyl (C=O) groups is 1. The molecule has 0 radical (unpaired) electrons. The van der Waals surface area contributed by atoms with Gasteiger partial charge in [0.25, 0.3) is 0 Å². The van der Waals surface area contributed by atoms with Gasteiger partial charge in [0.05, 0.1) is 12.7 Å². The lowest BCUT2D eigenvalue weighted by atomic mass is 9.94. The van der Waals surface area contributed by atoms with Crippen LogP contribution in [0.3, 0.4) is 0 Å². The maximum Gasteiger partial charge on any atom is 0.168 e. The van der Waals surface area contributed by atoms with Gasteiger partial charge in [-0.25, -0.2) is 0 Å². The summed E-state index contributed by atoms with van der Waals surface area (Å²) in [6.45, 7) is 0. The third kappa shape index (κ3) is 2.51. The van der Waals surface area contributed by atoms with Gasteiger partial charge in [-0.15, -0.1) is 0 Å². The highest BCUT2D eigenvalue weighted by molar-refractivity contribution is 6.04. The molecule has 0 saturated heterocycles. The van der Waals surface area contributed by atoms with Gasteiger partial charge in [-0.3, -0.25) is 4.79 Å². The fourth-order valence-electron chi connectivity index (χ4n) is 3.06. The Bertz CT molecular complexity index is 662. The number of fused-ring (bicyclic) bond motifs is 1. The van der Waals surface area contributed by atoms with E-state index in [1.54, 1.807) is 6.07 Å². The van der Waals surface area contributed by atoms with Gasteiger partial charge >= 0.3 is 0 Å². The number of phenolic OH excluding ortho intramolecular Hbond substituents is 1. The topological polar surface area (TPSA) is 46.5 Å². The van der Waals surface area contributed by atoms with Crippen LogP contribution in [0.1, 0.15) is 40.2 Å². The maximum atomic E-state index is 12.2. The van der Waals surface area contributed by atoms with Crippen LogP contribution in [0.4, 0.5) is 0 Å². The summed E-state index contributed by atoms with van der Waals surface area (Å²) in [6.07, 6.45) is 2.32. The van der Waals surface area contributed by atoms with Gasteiger partial charge in [-0.1, -0.05) is 36.4 Å². The summed E-state index contributed by atoms with van der Waals surface area (Å²) in [5.74, 6) is 0.553. The monoisotopic (exact) mass is 282 g/mol. The molecule has 3 heteroatoms. The molecule has 21 heavy (non-hydrogen) atoms. The number of phenols is 1. The molecule has 0 spiro atoms. The first-order valence-electron chi connectivity index (χ1n) is 7.17. The zero-order chi connectivity index (χ0) is 14.8. The number of carbonyl (C=O) groups excluding carboxylic acids is 1. The zero-order valence-electron chi connectivity index (χ0n) is 12.0. The SMILES string of the molecule is COc1ccc2c(c1O)C(=O)CC2CCc1ccccc1. The minimum absolute atomic E-state index is 0.0118. The molecule has 0 heterocycles. The van der Waals surface area contributed by atoms with Crippen molar-refractivity contribution >= 4 is 5.78 Å². The lowest BCUT2D eigenvalue weighted by Gasteiger charge is -2.12.